The molecule has 0 aliphatic rings. The normalized spacial score (nSPS) is 12.6. The SMILES string of the molecule is COC(=O)c1nn(C)cc1CCO[Si](C)(C)C(C)(C)C. The van der Waals surface area contributed by atoms with Gasteiger partial charge in [0.25, 0.3) is 0 Å². The number of methoxy groups -OCH3 is 1. The second-order valence-electron chi connectivity index (χ2n) is 6.53. The first kappa shape index (κ1) is 16.9. The van der Waals surface area contributed by atoms with Gasteiger partial charge in [-0.2, -0.15) is 5.10 Å². The molecule has 0 radical (unpaired) electrons. The summed E-state index contributed by atoms with van der Waals surface area (Å²) in [5, 5.41) is 4.33. The number of ether oxygens (including phenoxy) is 1. The molecule has 5 nitrogen and oxygen atoms in total. The van der Waals surface area contributed by atoms with Crippen molar-refractivity contribution in [3.63, 3.8) is 0 Å². The minimum Gasteiger partial charge on any atom is -0.464 e. The first-order valence-corrected chi connectivity index (χ1v) is 9.74. The summed E-state index contributed by atoms with van der Waals surface area (Å²) in [6.07, 6.45) is 2.52. The Labute approximate surface area is 122 Å². The Hall–Kier alpha value is -1.14. The van der Waals surface area contributed by atoms with Crippen LogP contribution in [0, 0.1) is 0 Å². The lowest BCUT2D eigenvalue weighted by molar-refractivity contribution is 0.0591. The predicted octanol–water partition coefficient (Wildman–Crippen LogP) is 2.77. The number of esters is 1. The highest BCUT2D eigenvalue weighted by molar-refractivity contribution is 6.74. The minimum absolute atomic E-state index is 0.188. The van der Waals surface area contributed by atoms with E-state index in [4.69, 9.17) is 9.16 Å². The van der Waals surface area contributed by atoms with Crippen LogP contribution in [0.15, 0.2) is 6.20 Å². The number of aromatic nitrogens is 2. The molecule has 0 saturated heterocycles. The van der Waals surface area contributed by atoms with Gasteiger partial charge in [-0.15, -0.1) is 0 Å². The molecule has 6 heteroatoms. The molecule has 0 amide bonds. The largest absolute Gasteiger partial charge is 0.464 e. The second kappa shape index (κ2) is 6.09. The molecular formula is C14H26N2O3Si. The van der Waals surface area contributed by atoms with Gasteiger partial charge in [0, 0.05) is 25.4 Å². The molecule has 0 spiro atoms. The van der Waals surface area contributed by atoms with Crippen molar-refractivity contribution in [1.82, 2.24) is 9.78 Å². The van der Waals surface area contributed by atoms with Crippen LogP contribution in [0.5, 0.6) is 0 Å². The first-order chi connectivity index (χ1) is 9.08. The van der Waals surface area contributed by atoms with Gasteiger partial charge in [0.15, 0.2) is 14.0 Å². The molecule has 1 rings (SSSR count). The van der Waals surface area contributed by atoms with Crippen molar-refractivity contribution < 1.29 is 14.0 Å². The van der Waals surface area contributed by atoms with Crippen molar-refractivity contribution in [3.05, 3.63) is 17.5 Å². The third-order valence-corrected chi connectivity index (χ3v) is 8.46. The molecule has 0 saturated carbocycles. The molecule has 0 aliphatic carbocycles. The van der Waals surface area contributed by atoms with Crippen molar-refractivity contribution in [2.45, 2.75) is 45.3 Å². The molecule has 1 aromatic rings. The van der Waals surface area contributed by atoms with E-state index in [0.29, 0.717) is 18.7 Å². The van der Waals surface area contributed by atoms with E-state index in [9.17, 15) is 4.79 Å². The van der Waals surface area contributed by atoms with Crippen molar-refractivity contribution in [2.24, 2.45) is 7.05 Å². The fourth-order valence-electron chi connectivity index (χ4n) is 1.62. The fourth-order valence-corrected chi connectivity index (χ4v) is 2.67. The summed E-state index contributed by atoms with van der Waals surface area (Å²) in [4.78, 5) is 11.6. The van der Waals surface area contributed by atoms with E-state index < -0.39 is 14.3 Å². The van der Waals surface area contributed by atoms with Gasteiger partial charge in [0.2, 0.25) is 0 Å². The average molecular weight is 298 g/mol. The summed E-state index contributed by atoms with van der Waals surface area (Å²) in [5.41, 5.74) is 1.26. The zero-order valence-corrected chi connectivity index (χ0v) is 14.6. The molecule has 0 atom stereocenters. The highest BCUT2D eigenvalue weighted by atomic mass is 28.4. The number of carbonyl (C=O) groups excluding carboxylic acids is 1. The van der Waals surface area contributed by atoms with E-state index in [-0.39, 0.29) is 5.04 Å². The molecule has 0 unspecified atom stereocenters. The summed E-state index contributed by atoms with van der Waals surface area (Å²) >= 11 is 0. The monoisotopic (exact) mass is 298 g/mol. The maximum Gasteiger partial charge on any atom is 0.358 e. The van der Waals surface area contributed by atoms with Crippen molar-refractivity contribution in [3.8, 4) is 0 Å². The molecule has 0 aliphatic heterocycles. The number of rotatable bonds is 5. The topological polar surface area (TPSA) is 53.3 Å². The van der Waals surface area contributed by atoms with Gasteiger partial charge >= 0.3 is 5.97 Å². The van der Waals surface area contributed by atoms with Crippen molar-refractivity contribution in [2.75, 3.05) is 13.7 Å². The summed E-state index contributed by atoms with van der Waals surface area (Å²) in [5.74, 6) is -0.395. The lowest BCUT2D eigenvalue weighted by atomic mass is 10.2. The Morgan fingerprint density at radius 2 is 2.00 bits per heavy atom. The van der Waals surface area contributed by atoms with Crippen LogP contribution in [0.2, 0.25) is 18.1 Å². The first-order valence-electron chi connectivity index (χ1n) is 6.83. The second-order valence-corrected chi connectivity index (χ2v) is 11.3. The Bertz CT molecular complexity index is 475. The van der Waals surface area contributed by atoms with Gasteiger partial charge in [-0.05, 0) is 24.6 Å². The third kappa shape index (κ3) is 3.93. The van der Waals surface area contributed by atoms with Crippen LogP contribution >= 0.6 is 0 Å². The Balaban J connectivity index is 2.70. The smallest absolute Gasteiger partial charge is 0.358 e. The lowest BCUT2D eigenvalue weighted by Gasteiger charge is -2.36. The van der Waals surface area contributed by atoms with Crippen molar-refractivity contribution in [1.29, 1.82) is 0 Å². The summed E-state index contributed by atoms with van der Waals surface area (Å²) < 4.78 is 12.5. The van der Waals surface area contributed by atoms with E-state index in [2.05, 4.69) is 39.0 Å². The molecule has 0 fully saturated rings. The zero-order valence-electron chi connectivity index (χ0n) is 13.6. The van der Waals surface area contributed by atoms with Gasteiger partial charge in [-0.1, -0.05) is 20.8 Å². The maximum atomic E-state index is 11.6. The van der Waals surface area contributed by atoms with Crippen LogP contribution in [0.4, 0.5) is 0 Å². The zero-order chi connectivity index (χ0) is 15.6. The number of hydrogen-bond donors (Lipinski definition) is 0. The van der Waals surface area contributed by atoms with Gasteiger partial charge in [0.05, 0.1) is 7.11 Å². The third-order valence-electron chi connectivity index (χ3n) is 3.92. The molecular weight excluding hydrogens is 272 g/mol. The Kier molecular flexibility index (Phi) is 5.15. The maximum absolute atomic E-state index is 11.6. The molecule has 0 aromatic carbocycles. The number of nitrogens with zero attached hydrogens (tertiary/aromatic N) is 2. The predicted molar refractivity (Wildman–Crippen MR) is 81.4 cm³/mol. The quantitative estimate of drug-likeness (QED) is 0.619. The van der Waals surface area contributed by atoms with Crippen LogP contribution in [-0.2, 0) is 22.6 Å². The van der Waals surface area contributed by atoms with E-state index in [1.165, 1.54) is 7.11 Å². The molecule has 0 bridgehead atoms. The summed E-state index contributed by atoms with van der Waals surface area (Å²) in [7, 11) is 1.42. The van der Waals surface area contributed by atoms with Crippen LogP contribution in [0.25, 0.3) is 0 Å². The average Bonchev–Trinajstić information content (AvgIpc) is 2.68. The number of aryl methyl sites for hydroxylation is 1. The molecule has 0 N–H and O–H groups in total. The summed E-state index contributed by atoms with van der Waals surface area (Å²) in [6, 6.07) is 0. The van der Waals surface area contributed by atoms with Crippen molar-refractivity contribution >= 4 is 14.3 Å². The highest BCUT2D eigenvalue weighted by Gasteiger charge is 2.37. The number of hydrogen-bond acceptors (Lipinski definition) is 4. The van der Waals surface area contributed by atoms with E-state index in [1.807, 2.05) is 6.20 Å². The van der Waals surface area contributed by atoms with Crippen LogP contribution in [0.1, 0.15) is 36.8 Å². The van der Waals surface area contributed by atoms with Gasteiger partial charge in [-0.3, -0.25) is 4.68 Å². The fraction of sp³-hybridized carbons (Fsp3) is 0.714. The van der Waals surface area contributed by atoms with E-state index >= 15 is 0 Å². The minimum atomic E-state index is -1.75. The van der Waals surface area contributed by atoms with E-state index in [1.54, 1.807) is 11.7 Å². The lowest BCUT2D eigenvalue weighted by Crippen LogP contribution is -2.41. The van der Waals surface area contributed by atoms with Gasteiger partial charge in [-0.25, -0.2) is 4.79 Å². The van der Waals surface area contributed by atoms with Gasteiger partial charge in [0.1, 0.15) is 0 Å². The van der Waals surface area contributed by atoms with Crippen LogP contribution in [-0.4, -0.2) is 37.8 Å². The summed E-state index contributed by atoms with van der Waals surface area (Å²) in [6.45, 7) is 11.7. The Morgan fingerprint density at radius 3 is 2.50 bits per heavy atom. The van der Waals surface area contributed by atoms with Crippen LogP contribution < -0.4 is 0 Å². The number of carbonyl (C=O) groups is 1. The molecule has 20 heavy (non-hydrogen) atoms. The molecule has 1 aromatic heterocycles. The van der Waals surface area contributed by atoms with E-state index in [0.717, 1.165) is 5.56 Å². The van der Waals surface area contributed by atoms with Gasteiger partial charge < -0.3 is 9.16 Å². The highest BCUT2D eigenvalue weighted by Crippen LogP contribution is 2.36. The molecule has 114 valence electrons. The molecule has 1 heterocycles. The van der Waals surface area contributed by atoms with Crippen LogP contribution in [0.3, 0.4) is 0 Å². The Morgan fingerprint density at radius 1 is 1.40 bits per heavy atom. The standard InChI is InChI=1S/C14H26N2O3Si/c1-14(2,3)20(6,7)19-9-8-11-10-16(4)15-12(11)13(17)18-5/h10H,8-9H2,1-7H3.